The minimum absolute atomic E-state index is 0.708. The van der Waals surface area contributed by atoms with Gasteiger partial charge in [0, 0.05) is 0 Å². The number of hydrogen-bond donors (Lipinski definition) is 1. The third-order valence-electron chi connectivity index (χ3n) is 0.782. The van der Waals surface area contributed by atoms with Gasteiger partial charge in [-0.25, -0.2) is 0 Å². The van der Waals surface area contributed by atoms with Crippen LogP contribution in [0.15, 0.2) is 10.8 Å². The molecular formula is C4H5BrN2O. The third-order valence-corrected chi connectivity index (χ3v) is 1.35. The lowest BCUT2D eigenvalue weighted by molar-refractivity contribution is 0.412. The summed E-state index contributed by atoms with van der Waals surface area (Å²) in [5.41, 5.74) is 0. The van der Waals surface area contributed by atoms with Gasteiger partial charge in [0.1, 0.15) is 0 Å². The minimum atomic E-state index is 0.708. The summed E-state index contributed by atoms with van der Waals surface area (Å²) >= 11 is 3.16. The van der Waals surface area contributed by atoms with Crippen molar-refractivity contribution in [3.8, 4) is 5.75 Å². The summed E-state index contributed by atoms with van der Waals surface area (Å²) in [5.74, 6) is 0.727. The summed E-state index contributed by atoms with van der Waals surface area (Å²) in [6.45, 7) is 0. The van der Waals surface area contributed by atoms with Gasteiger partial charge >= 0.3 is 0 Å². The first-order valence-electron chi connectivity index (χ1n) is 2.08. The van der Waals surface area contributed by atoms with E-state index in [4.69, 9.17) is 4.74 Å². The molecule has 0 saturated heterocycles. The van der Waals surface area contributed by atoms with Gasteiger partial charge in [0.2, 0.25) is 0 Å². The fourth-order valence-electron chi connectivity index (χ4n) is 0.405. The van der Waals surface area contributed by atoms with Crippen LogP contribution in [0, 0.1) is 0 Å². The number of hydrogen-bond acceptors (Lipinski definition) is 2. The fourth-order valence-corrected chi connectivity index (χ4v) is 0.784. The zero-order valence-corrected chi connectivity index (χ0v) is 5.90. The molecule has 0 aliphatic rings. The predicted octanol–water partition coefficient (Wildman–Crippen LogP) is 1.18. The SMILES string of the molecule is COc1c[nH]nc1Br. The zero-order chi connectivity index (χ0) is 5.98. The molecule has 0 aliphatic heterocycles. The molecular weight excluding hydrogens is 172 g/mol. The summed E-state index contributed by atoms with van der Waals surface area (Å²) in [4.78, 5) is 0. The molecule has 4 heteroatoms. The summed E-state index contributed by atoms with van der Waals surface area (Å²) in [6, 6.07) is 0. The molecule has 8 heavy (non-hydrogen) atoms. The van der Waals surface area contributed by atoms with E-state index in [2.05, 4.69) is 26.1 Å². The lowest BCUT2D eigenvalue weighted by atomic mass is 10.7. The largest absolute Gasteiger partial charge is 0.492 e. The van der Waals surface area contributed by atoms with E-state index in [1.54, 1.807) is 13.3 Å². The number of nitrogens with one attached hydrogen (secondary N) is 1. The van der Waals surface area contributed by atoms with E-state index in [9.17, 15) is 0 Å². The van der Waals surface area contributed by atoms with Crippen molar-refractivity contribution in [2.45, 2.75) is 0 Å². The number of nitrogens with zero attached hydrogens (tertiary/aromatic N) is 1. The molecule has 3 nitrogen and oxygen atoms in total. The van der Waals surface area contributed by atoms with Gasteiger partial charge in [-0.15, -0.1) is 0 Å². The van der Waals surface area contributed by atoms with Crippen LogP contribution in [-0.4, -0.2) is 17.3 Å². The van der Waals surface area contributed by atoms with Gasteiger partial charge in [-0.2, -0.15) is 5.10 Å². The molecule has 44 valence electrons. The minimum Gasteiger partial charge on any atom is -0.492 e. The second kappa shape index (κ2) is 2.17. The maximum atomic E-state index is 4.84. The average molecular weight is 177 g/mol. The maximum Gasteiger partial charge on any atom is 0.170 e. The molecule has 0 amide bonds. The van der Waals surface area contributed by atoms with Crippen LogP contribution in [-0.2, 0) is 0 Å². The normalized spacial score (nSPS) is 9.25. The number of halogens is 1. The van der Waals surface area contributed by atoms with E-state index in [0.29, 0.717) is 4.60 Å². The van der Waals surface area contributed by atoms with E-state index < -0.39 is 0 Å². The Balaban J connectivity index is 2.92. The molecule has 1 aromatic rings. The molecule has 0 bridgehead atoms. The smallest absolute Gasteiger partial charge is 0.170 e. The average Bonchev–Trinajstić information content (AvgIpc) is 2.14. The first-order chi connectivity index (χ1) is 3.84. The summed E-state index contributed by atoms with van der Waals surface area (Å²) < 4.78 is 5.55. The maximum absolute atomic E-state index is 4.84. The topological polar surface area (TPSA) is 37.9 Å². The Morgan fingerprint density at radius 3 is 2.88 bits per heavy atom. The number of aromatic amines is 1. The van der Waals surface area contributed by atoms with Crippen LogP contribution >= 0.6 is 15.9 Å². The van der Waals surface area contributed by atoms with E-state index >= 15 is 0 Å². The highest BCUT2D eigenvalue weighted by atomic mass is 79.9. The molecule has 0 aromatic carbocycles. The van der Waals surface area contributed by atoms with E-state index in [1.165, 1.54) is 0 Å². The molecule has 0 radical (unpaired) electrons. The molecule has 0 fully saturated rings. The van der Waals surface area contributed by atoms with E-state index in [0.717, 1.165) is 5.75 Å². The van der Waals surface area contributed by atoms with Gasteiger partial charge in [0.15, 0.2) is 10.4 Å². The molecule has 0 unspecified atom stereocenters. The zero-order valence-electron chi connectivity index (χ0n) is 4.31. The first kappa shape index (κ1) is 5.62. The van der Waals surface area contributed by atoms with Crippen molar-refractivity contribution in [2.75, 3.05) is 7.11 Å². The lowest BCUT2D eigenvalue weighted by Crippen LogP contribution is -1.78. The highest BCUT2D eigenvalue weighted by Gasteiger charge is 1.97. The van der Waals surface area contributed by atoms with Crippen LogP contribution in [0.5, 0.6) is 5.75 Å². The number of H-pyrrole nitrogens is 1. The Morgan fingerprint density at radius 1 is 1.88 bits per heavy atom. The van der Waals surface area contributed by atoms with Gasteiger partial charge < -0.3 is 4.74 Å². The van der Waals surface area contributed by atoms with E-state index in [1.807, 2.05) is 0 Å². The van der Waals surface area contributed by atoms with Gasteiger partial charge in [0.05, 0.1) is 13.3 Å². The molecule has 1 N–H and O–H groups in total. The van der Waals surface area contributed by atoms with Crippen molar-refractivity contribution in [2.24, 2.45) is 0 Å². The lowest BCUT2D eigenvalue weighted by Gasteiger charge is -1.89. The number of methoxy groups -OCH3 is 1. The molecule has 0 aliphatic carbocycles. The van der Waals surface area contributed by atoms with Crippen LogP contribution in [0.4, 0.5) is 0 Å². The predicted molar refractivity (Wildman–Crippen MR) is 32.8 cm³/mol. The Bertz CT molecular complexity index is 174. The van der Waals surface area contributed by atoms with Gasteiger partial charge in [-0.1, -0.05) is 0 Å². The van der Waals surface area contributed by atoms with Crippen LogP contribution in [0.3, 0.4) is 0 Å². The number of aromatic nitrogens is 2. The van der Waals surface area contributed by atoms with Crippen molar-refractivity contribution in [1.82, 2.24) is 10.2 Å². The van der Waals surface area contributed by atoms with Crippen LogP contribution in [0.2, 0.25) is 0 Å². The monoisotopic (exact) mass is 176 g/mol. The Kier molecular flexibility index (Phi) is 1.53. The standard InChI is InChI=1S/C4H5BrN2O/c1-8-3-2-6-7-4(3)5/h2H,1H3,(H,6,7). The second-order valence-corrected chi connectivity index (χ2v) is 2.00. The molecule has 0 atom stereocenters. The molecule has 1 rings (SSSR count). The van der Waals surface area contributed by atoms with Gasteiger partial charge in [0.25, 0.3) is 0 Å². The molecule has 1 heterocycles. The molecule has 0 spiro atoms. The fraction of sp³-hybridized carbons (Fsp3) is 0.250. The van der Waals surface area contributed by atoms with Crippen LogP contribution < -0.4 is 4.74 Å². The third kappa shape index (κ3) is 0.838. The van der Waals surface area contributed by atoms with Crippen molar-refractivity contribution in [3.63, 3.8) is 0 Å². The van der Waals surface area contributed by atoms with Crippen molar-refractivity contribution >= 4 is 15.9 Å². The van der Waals surface area contributed by atoms with E-state index in [-0.39, 0.29) is 0 Å². The number of rotatable bonds is 1. The molecule has 1 aromatic heterocycles. The van der Waals surface area contributed by atoms with Crippen molar-refractivity contribution in [3.05, 3.63) is 10.8 Å². The first-order valence-corrected chi connectivity index (χ1v) is 2.87. The highest BCUT2D eigenvalue weighted by Crippen LogP contribution is 2.19. The van der Waals surface area contributed by atoms with Crippen LogP contribution in [0.1, 0.15) is 0 Å². The summed E-state index contributed by atoms with van der Waals surface area (Å²) in [6.07, 6.45) is 1.67. The Labute approximate surface area is 55.2 Å². The Morgan fingerprint density at radius 2 is 2.62 bits per heavy atom. The van der Waals surface area contributed by atoms with Crippen LogP contribution in [0.25, 0.3) is 0 Å². The van der Waals surface area contributed by atoms with Crippen molar-refractivity contribution < 1.29 is 4.74 Å². The quantitative estimate of drug-likeness (QED) is 0.699. The van der Waals surface area contributed by atoms with Crippen molar-refractivity contribution in [1.29, 1.82) is 0 Å². The van der Waals surface area contributed by atoms with Gasteiger partial charge in [-0.3, -0.25) is 5.10 Å². The molecule has 0 saturated carbocycles. The summed E-state index contributed by atoms with van der Waals surface area (Å²) in [5, 5.41) is 6.38. The second-order valence-electron chi connectivity index (χ2n) is 1.24. The number of ether oxygens (including phenoxy) is 1. The highest BCUT2D eigenvalue weighted by molar-refractivity contribution is 9.10. The van der Waals surface area contributed by atoms with Gasteiger partial charge in [-0.05, 0) is 15.9 Å². The summed E-state index contributed by atoms with van der Waals surface area (Å²) in [7, 11) is 1.59. The Hall–Kier alpha value is -0.510.